The highest BCUT2D eigenvalue weighted by Crippen LogP contribution is 2.55. The molecule has 6 fully saturated rings. The van der Waals surface area contributed by atoms with Crippen molar-refractivity contribution in [3.63, 3.8) is 0 Å². The van der Waals surface area contributed by atoms with E-state index in [-0.39, 0.29) is 79.0 Å². The number of pyridine rings is 2. The molecule has 2 saturated heterocycles. The number of hydrogen-bond acceptors (Lipinski definition) is 8. The van der Waals surface area contributed by atoms with E-state index in [1.807, 2.05) is 0 Å². The molecule has 4 aromatic rings. The van der Waals surface area contributed by atoms with Crippen molar-refractivity contribution in [1.82, 2.24) is 9.13 Å². The van der Waals surface area contributed by atoms with Gasteiger partial charge in [-0.25, -0.2) is 27.2 Å². The molecule has 6 aliphatic rings. The number of alkyl halides is 2. The molecule has 56 heavy (non-hydrogen) atoms. The molecule has 2 aliphatic heterocycles. The summed E-state index contributed by atoms with van der Waals surface area (Å²) in [5, 5.41) is 18.3. The van der Waals surface area contributed by atoms with E-state index in [0.29, 0.717) is 26.2 Å². The van der Waals surface area contributed by atoms with Crippen LogP contribution in [0.25, 0.3) is 21.8 Å². The molecule has 2 aromatic heterocycles. The molecule has 0 amide bonds. The van der Waals surface area contributed by atoms with Gasteiger partial charge in [-0.15, -0.1) is 0 Å². The van der Waals surface area contributed by atoms with Crippen LogP contribution < -0.4 is 32.1 Å². The van der Waals surface area contributed by atoms with Gasteiger partial charge in [0.1, 0.15) is 35.1 Å². The fourth-order valence-electron chi connectivity index (χ4n) is 8.86. The lowest BCUT2D eigenvalue weighted by Crippen LogP contribution is -2.30. The minimum Gasteiger partial charge on any atom is -0.477 e. The normalized spacial score (nSPS) is 27.6. The number of fused-ring (bicyclic) bond motifs is 2. The van der Waals surface area contributed by atoms with Crippen molar-refractivity contribution >= 4 is 68.3 Å². The van der Waals surface area contributed by atoms with Gasteiger partial charge in [-0.1, -0.05) is 23.2 Å². The summed E-state index contributed by atoms with van der Waals surface area (Å²) in [5.74, 6) is -4.31. The summed E-state index contributed by atoms with van der Waals surface area (Å²) >= 11 is 13.1. The minimum atomic E-state index is -1.45. The van der Waals surface area contributed by atoms with E-state index in [1.165, 1.54) is 9.13 Å². The minimum absolute atomic E-state index is 0.00645. The Morgan fingerprint density at radius 3 is 1.30 bits per heavy atom. The zero-order valence-electron chi connectivity index (χ0n) is 29.6. The number of carbonyl (C=O) groups is 2. The van der Waals surface area contributed by atoms with Gasteiger partial charge in [0.25, 0.3) is 0 Å². The maximum Gasteiger partial charge on any atom is 0.341 e. The molecule has 6 N–H and O–H groups in total. The summed E-state index contributed by atoms with van der Waals surface area (Å²) in [6, 6.07) is 0.616. The van der Waals surface area contributed by atoms with Crippen LogP contribution in [0.5, 0.6) is 0 Å². The highest BCUT2D eigenvalue weighted by molar-refractivity contribution is 6.38. The van der Waals surface area contributed by atoms with Crippen molar-refractivity contribution in [2.45, 2.75) is 75.0 Å². The van der Waals surface area contributed by atoms with Crippen molar-refractivity contribution in [2.24, 2.45) is 22.3 Å². The lowest BCUT2D eigenvalue weighted by Gasteiger charge is -2.23. The van der Waals surface area contributed by atoms with E-state index in [9.17, 15) is 38.2 Å². The molecule has 0 bridgehead atoms. The molecule has 6 atom stereocenters. The Morgan fingerprint density at radius 1 is 0.696 bits per heavy atom. The number of carboxylic acid groups (broad SMARTS) is 2. The third-order valence-electron chi connectivity index (χ3n) is 12.7. The van der Waals surface area contributed by atoms with Crippen molar-refractivity contribution in [1.29, 1.82) is 0 Å². The molecule has 4 aliphatic carbocycles. The third-order valence-corrected chi connectivity index (χ3v) is 13.5. The van der Waals surface area contributed by atoms with Crippen LogP contribution in [0.15, 0.2) is 34.1 Å². The highest BCUT2D eigenvalue weighted by atomic mass is 35.5. The Hall–Kier alpha value is -4.38. The summed E-state index contributed by atoms with van der Waals surface area (Å²) in [5.41, 5.74) is 10.3. The number of aromatic carboxylic acids is 2. The summed E-state index contributed by atoms with van der Waals surface area (Å²) in [7, 11) is 0. The number of hydrogen-bond donors (Lipinski definition) is 4. The maximum absolute atomic E-state index is 15.0. The van der Waals surface area contributed by atoms with E-state index in [0.717, 1.165) is 50.2 Å². The first-order valence-corrected chi connectivity index (χ1v) is 19.1. The Bertz CT molecular complexity index is 2370. The van der Waals surface area contributed by atoms with Gasteiger partial charge >= 0.3 is 11.9 Å². The van der Waals surface area contributed by atoms with E-state index < -0.39 is 70.0 Å². The molecule has 18 heteroatoms. The van der Waals surface area contributed by atoms with Gasteiger partial charge < -0.3 is 40.6 Å². The number of carboxylic acids is 2. The van der Waals surface area contributed by atoms with Crippen molar-refractivity contribution in [3.8, 4) is 0 Å². The van der Waals surface area contributed by atoms with Gasteiger partial charge in [-0.05, 0) is 37.8 Å². The fourth-order valence-corrected chi connectivity index (χ4v) is 9.67. The van der Waals surface area contributed by atoms with Crippen LogP contribution in [-0.2, 0) is 0 Å². The summed E-state index contributed by atoms with van der Waals surface area (Å²) in [6.07, 6.45) is 4.22. The van der Waals surface area contributed by atoms with Crippen LogP contribution in [0.4, 0.5) is 28.9 Å². The van der Waals surface area contributed by atoms with Crippen LogP contribution in [0.3, 0.4) is 0 Å². The molecule has 296 valence electrons. The number of anilines is 2. The Labute approximate surface area is 325 Å². The third kappa shape index (κ3) is 5.69. The Morgan fingerprint density at radius 2 is 1.04 bits per heavy atom. The topological polar surface area (TPSA) is 177 Å². The number of nitrogens with zero attached hydrogens (tertiary/aromatic N) is 4. The van der Waals surface area contributed by atoms with Gasteiger partial charge in [0.05, 0.1) is 55.3 Å². The lowest BCUT2D eigenvalue weighted by atomic mass is 10.0. The summed E-state index contributed by atoms with van der Waals surface area (Å²) in [6.45, 7) is 2.02. The Kier molecular flexibility index (Phi) is 8.35. The van der Waals surface area contributed by atoms with Gasteiger partial charge in [-0.2, -0.15) is 0 Å². The number of rotatable bonds is 6. The SMILES string of the molecule is N[C@@H]1CN(c2c(F)cc3c(=O)c(C(=O)O)cn([C@@H]4C[C@H]4F)c3c2Cl)CC12CC2.N[C@@H]1CN(c2c(F)cc3c(=O)c(C(=O)O)cn([C@H]4C[C@@H]4F)c3c2Cl)CC12CC2. The number of halogens is 6. The van der Waals surface area contributed by atoms with Crippen molar-refractivity contribution < 1.29 is 37.4 Å². The Balaban J connectivity index is 0.000000146. The zero-order chi connectivity index (χ0) is 39.9. The molecule has 0 radical (unpaired) electrons. The first-order valence-electron chi connectivity index (χ1n) is 18.4. The van der Waals surface area contributed by atoms with Crippen molar-refractivity contribution in [2.75, 3.05) is 36.0 Å². The fraction of sp³-hybridized carbons (Fsp3) is 0.474. The van der Waals surface area contributed by atoms with Gasteiger partial charge in [0, 0.05) is 74.3 Å². The van der Waals surface area contributed by atoms with E-state index >= 15 is 8.78 Å². The summed E-state index contributed by atoms with van der Waals surface area (Å²) < 4.78 is 60.4. The van der Waals surface area contributed by atoms with Gasteiger partial charge in [0.15, 0.2) is 0 Å². The number of benzene rings is 2. The van der Waals surface area contributed by atoms with E-state index in [1.54, 1.807) is 9.80 Å². The first kappa shape index (κ1) is 37.2. The molecule has 2 spiro atoms. The van der Waals surface area contributed by atoms with Crippen LogP contribution in [-0.4, -0.2) is 81.9 Å². The molecule has 12 nitrogen and oxygen atoms in total. The molecular formula is C38H36Cl2F4N6O6. The highest BCUT2D eigenvalue weighted by Gasteiger charge is 2.55. The molecule has 10 rings (SSSR count). The zero-order valence-corrected chi connectivity index (χ0v) is 31.1. The molecular weight excluding hydrogens is 783 g/mol. The standard InChI is InChI=1S/2C19H18ClF2N3O3/c2*20-14-15-8(17(26)9(18(27)28)5-25(15)12-4-10(12)21)3-11(22)16(14)24-6-13(23)19(7-24)1-2-19/h2*3,5,10,12-13H,1-2,4,6-7,23H2,(H,27,28)/t10-,12-,13+;10-,12-,13-/m01/s1. The van der Waals surface area contributed by atoms with Crippen LogP contribution in [0, 0.1) is 22.5 Å². The molecule has 0 unspecified atom stereocenters. The second-order valence-corrected chi connectivity index (χ2v) is 17.1. The van der Waals surface area contributed by atoms with Gasteiger partial charge in [-0.3, -0.25) is 9.59 Å². The lowest BCUT2D eigenvalue weighted by molar-refractivity contribution is 0.0684. The van der Waals surface area contributed by atoms with E-state index in [2.05, 4.69) is 0 Å². The monoisotopic (exact) mass is 818 g/mol. The predicted octanol–water partition coefficient (Wildman–Crippen LogP) is 5.41. The quantitative estimate of drug-likeness (QED) is 0.184. The molecule has 2 aromatic carbocycles. The van der Waals surface area contributed by atoms with E-state index in [4.69, 9.17) is 34.7 Å². The summed E-state index contributed by atoms with van der Waals surface area (Å²) in [4.78, 5) is 51.7. The largest absolute Gasteiger partial charge is 0.477 e. The molecule has 4 heterocycles. The first-order chi connectivity index (χ1) is 26.5. The average molecular weight is 820 g/mol. The van der Waals surface area contributed by atoms with Gasteiger partial charge in [0.2, 0.25) is 10.9 Å². The van der Waals surface area contributed by atoms with Crippen LogP contribution in [0.2, 0.25) is 10.0 Å². The number of aromatic nitrogens is 2. The molecule has 4 saturated carbocycles. The van der Waals surface area contributed by atoms with Crippen molar-refractivity contribution in [3.05, 3.63) is 77.8 Å². The van der Waals surface area contributed by atoms with Crippen LogP contribution in [0.1, 0.15) is 71.3 Å². The average Bonchev–Trinajstić information content (AvgIpc) is 3.98. The van der Waals surface area contributed by atoms with Crippen LogP contribution >= 0.6 is 23.2 Å². The smallest absolute Gasteiger partial charge is 0.341 e. The predicted molar refractivity (Wildman–Crippen MR) is 201 cm³/mol. The second-order valence-electron chi connectivity index (χ2n) is 16.3. The maximum atomic E-state index is 15.0. The number of nitrogens with two attached hydrogens (primary N) is 2. The second kappa shape index (κ2) is 12.6.